The third-order valence-corrected chi connectivity index (χ3v) is 5.01. The number of carbonyl (C=O) groups excluding carboxylic acids is 1. The van der Waals surface area contributed by atoms with E-state index < -0.39 is 0 Å². The maximum Gasteiger partial charge on any atom is 0.253 e. The van der Waals surface area contributed by atoms with Crippen molar-refractivity contribution in [1.29, 1.82) is 0 Å². The number of piperidine rings is 1. The van der Waals surface area contributed by atoms with Crippen LogP contribution in [0.4, 0.5) is 4.39 Å². The van der Waals surface area contributed by atoms with Gasteiger partial charge >= 0.3 is 0 Å². The molecule has 0 saturated carbocycles. The van der Waals surface area contributed by atoms with E-state index in [2.05, 4.69) is 19.7 Å². The quantitative estimate of drug-likeness (QED) is 0.841. The Morgan fingerprint density at radius 1 is 1.27 bits per heavy atom. The fourth-order valence-corrected chi connectivity index (χ4v) is 3.45. The summed E-state index contributed by atoms with van der Waals surface area (Å²) in [4.78, 5) is 16.6. The van der Waals surface area contributed by atoms with Crippen LogP contribution in [-0.4, -0.2) is 57.7 Å². The van der Waals surface area contributed by atoms with Crippen molar-refractivity contribution in [2.45, 2.75) is 32.2 Å². The van der Waals surface area contributed by atoms with Crippen LogP contribution in [0.15, 0.2) is 18.2 Å². The molecule has 0 aliphatic carbocycles. The molecule has 7 heteroatoms. The molecular formula is C19H26FN5O. The number of amides is 1. The Labute approximate surface area is 153 Å². The molecule has 0 atom stereocenters. The SMILES string of the molecule is Cc1cc(C(=O)N2CCC(c3nnc(CN(C)C)n3C)CC2)ccc1F. The van der Waals surface area contributed by atoms with E-state index in [9.17, 15) is 9.18 Å². The van der Waals surface area contributed by atoms with E-state index >= 15 is 0 Å². The van der Waals surface area contributed by atoms with Gasteiger partial charge in [-0.15, -0.1) is 10.2 Å². The predicted octanol–water partition coefficient (Wildman–Crippen LogP) is 2.34. The smallest absolute Gasteiger partial charge is 0.253 e. The van der Waals surface area contributed by atoms with Crippen molar-refractivity contribution in [1.82, 2.24) is 24.6 Å². The second-order valence-electron chi connectivity index (χ2n) is 7.30. The first-order chi connectivity index (χ1) is 12.4. The molecule has 6 nitrogen and oxygen atoms in total. The lowest BCUT2D eigenvalue weighted by atomic mass is 9.95. The average Bonchev–Trinajstić information content (AvgIpc) is 2.97. The van der Waals surface area contributed by atoms with Crippen LogP contribution in [0, 0.1) is 12.7 Å². The Kier molecular flexibility index (Phi) is 5.36. The summed E-state index contributed by atoms with van der Waals surface area (Å²) in [5.74, 6) is 1.94. The largest absolute Gasteiger partial charge is 0.339 e. The normalized spacial score (nSPS) is 15.7. The Hall–Kier alpha value is -2.28. The molecule has 0 unspecified atom stereocenters. The third-order valence-electron chi connectivity index (χ3n) is 5.01. The summed E-state index contributed by atoms with van der Waals surface area (Å²) in [6.07, 6.45) is 1.72. The van der Waals surface area contributed by atoms with Crippen molar-refractivity contribution in [3.05, 3.63) is 46.8 Å². The van der Waals surface area contributed by atoms with E-state index in [0.717, 1.165) is 31.0 Å². The van der Waals surface area contributed by atoms with Crippen LogP contribution in [0.2, 0.25) is 0 Å². The second kappa shape index (κ2) is 7.53. The lowest BCUT2D eigenvalue weighted by Crippen LogP contribution is -2.38. The highest BCUT2D eigenvalue weighted by molar-refractivity contribution is 5.94. The number of rotatable bonds is 4. The summed E-state index contributed by atoms with van der Waals surface area (Å²) >= 11 is 0. The lowest BCUT2D eigenvalue weighted by Gasteiger charge is -2.31. The second-order valence-corrected chi connectivity index (χ2v) is 7.30. The van der Waals surface area contributed by atoms with Crippen LogP contribution in [0.1, 0.15) is 46.3 Å². The minimum absolute atomic E-state index is 0.0298. The highest BCUT2D eigenvalue weighted by Crippen LogP contribution is 2.28. The number of nitrogens with zero attached hydrogens (tertiary/aromatic N) is 5. The van der Waals surface area contributed by atoms with E-state index in [1.807, 2.05) is 26.0 Å². The van der Waals surface area contributed by atoms with Crippen molar-refractivity contribution >= 4 is 5.91 Å². The summed E-state index contributed by atoms with van der Waals surface area (Å²) in [6, 6.07) is 4.55. The van der Waals surface area contributed by atoms with Crippen LogP contribution in [0.25, 0.3) is 0 Å². The first-order valence-electron chi connectivity index (χ1n) is 8.95. The van der Waals surface area contributed by atoms with Gasteiger partial charge in [0, 0.05) is 31.6 Å². The standard InChI is InChI=1S/C19H26FN5O/c1-13-11-15(5-6-16(13)20)19(26)25-9-7-14(8-10-25)18-22-21-17(24(18)4)12-23(2)3/h5-6,11,14H,7-10,12H2,1-4H3. The monoisotopic (exact) mass is 359 g/mol. The Morgan fingerprint density at radius 2 is 1.96 bits per heavy atom. The number of aryl methyl sites for hydroxylation is 1. The van der Waals surface area contributed by atoms with E-state index in [-0.39, 0.29) is 11.7 Å². The molecule has 2 heterocycles. The van der Waals surface area contributed by atoms with Gasteiger partial charge < -0.3 is 14.4 Å². The minimum Gasteiger partial charge on any atom is -0.339 e. The van der Waals surface area contributed by atoms with Crippen molar-refractivity contribution in [2.24, 2.45) is 7.05 Å². The van der Waals surface area contributed by atoms with E-state index in [4.69, 9.17) is 0 Å². The summed E-state index contributed by atoms with van der Waals surface area (Å²) in [7, 11) is 6.03. The Balaban J connectivity index is 1.65. The molecule has 0 bridgehead atoms. The first kappa shape index (κ1) is 18.5. The molecule has 1 fully saturated rings. The highest BCUT2D eigenvalue weighted by Gasteiger charge is 2.28. The summed E-state index contributed by atoms with van der Waals surface area (Å²) < 4.78 is 15.5. The molecule has 1 aromatic carbocycles. The molecule has 3 rings (SSSR count). The predicted molar refractivity (Wildman–Crippen MR) is 97.4 cm³/mol. The molecule has 1 aromatic heterocycles. The van der Waals surface area contributed by atoms with Gasteiger partial charge in [0.25, 0.3) is 5.91 Å². The van der Waals surface area contributed by atoms with Crippen LogP contribution >= 0.6 is 0 Å². The molecule has 2 aromatic rings. The molecule has 26 heavy (non-hydrogen) atoms. The van der Waals surface area contributed by atoms with E-state index in [0.29, 0.717) is 30.1 Å². The summed E-state index contributed by atoms with van der Waals surface area (Å²) in [5.41, 5.74) is 1.05. The van der Waals surface area contributed by atoms with Crippen LogP contribution < -0.4 is 0 Å². The highest BCUT2D eigenvalue weighted by atomic mass is 19.1. The third kappa shape index (κ3) is 3.77. The molecular weight excluding hydrogens is 333 g/mol. The van der Waals surface area contributed by atoms with Gasteiger partial charge in [-0.25, -0.2) is 4.39 Å². The molecule has 0 spiro atoms. The van der Waals surface area contributed by atoms with Crippen molar-refractivity contribution in [2.75, 3.05) is 27.2 Å². The van der Waals surface area contributed by atoms with Crippen LogP contribution in [0.3, 0.4) is 0 Å². The zero-order valence-electron chi connectivity index (χ0n) is 15.9. The molecule has 0 N–H and O–H groups in total. The molecule has 1 aliphatic heterocycles. The fraction of sp³-hybridized carbons (Fsp3) is 0.526. The van der Waals surface area contributed by atoms with Gasteiger partial charge in [-0.05, 0) is 57.6 Å². The number of aromatic nitrogens is 3. The van der Waals surface area contributed by atoms with Gasteiger partial charge in [0.1, 0.15) is 17.5 Å². The van der Waals surface area contributed by atoms with Gasteiger partial charge in [-0.2, -0.15) is 0 Å². The summed E-state index contributed by atoms with van der Waals surface area (Å²) in [6.45, 7) is 3.79. The van der Waals surface area contributed by atoms with Crippen molar-refractivity contribution in [3.63, 3.8) is 0 Å². The molecule has 140 valence electrons. The van der Waals surface area contributed by atoms with Gasteiger partial charge in [-0.1, -0.05) is 0 Å². The zero-order chi connectivity index (χ0) is 18.8. The number of likely N-dealkylation sites (tertiary alicyclic amines) is 1. The van der Waals surface area contributed by atoms with Crippen molar-refractivity contribution in [3.8, 4) is 0 Å². The van der Waals surface area contributed by atoms with Gasteiger partial charge in [-0.3, -0.25) is 4.79 Å². The number of carbonyl (C=O) groups is 1. The first-order valence-corrected chi connectivity index (χ1v) is 8.95. The molecule has 1 saturated heterocycles. The average molecular weight is 359 g/mol. The Morgan fingerprint density at radius 3 is 2.58 bits per heavy atom. The molecule has 0 radical (unpaired) electrons. The maximum absolute atomic E-state index is 13.4. The summed E-state index contributed by atoms with van der Waals surface area (Å²) in [5, 5.41) is 8.69. The molecule has 1 amide bonds. The molecule has 1 aliphatic rings. The minimum atomic E-state index is -0.281. The zero-order valence-corrected chi connectivity index (χ0v) is 15.9. The van der Waals surface area contributed by atoms with Gasteiger partial charge in [0.2, 0.25) is 0 Å². The van der Waals surface area contributed by atoms with Crippen molar-refractivity contribution < 1.29 is 9.18 Å². The van der Waals surface area contributed by atoms with Gasteiger partial charge in [0.15, 0.2) is 0 Å². The Bertz CT molecular complexity index is 793. The number of hydrogen-bond acceptors (Lipinski definition) is 4. The van der Waals surface area contributed by atoms with E-state index in [1.165, 1.54) is 6.07 Å². The topological polar surface area (TPSA) is 54.3 Å². The lowest BCUT2D eigenvalue weighted by molar-refractivity contribution is 0.0710. The van der Waals surface area contributed by atoms with Gasteiger partial charge in [0.05, 0.1) is 6.54 Å². The van der Waals surface area contributed by atoms with Crippen LogP contribution in [0.5, 0.6) is 0 Å². The maximum atomic E-state index is 13.4. The fourth-order valence-electron chi connectivity index (χ4n) is 3.45. The van der Waals surface area contributed by atoms with Crippen LogP contribution in [-0.2, 0) is 13.6 Å². The number of hydrogen-bond donors (Lipinski definition) is 0. The number of halogens is 1. The number of benzene rings is 1. The van der Waals surface area contributed by atoms with E-state index in [1.54, 1.807) is 19.1 Å².